The van der Waals surface area contributed by atoms with Crippen molar-refractivity contribution in [2.45, 2.75) is 20.3 Å². The zero-order valence-electron chi connectivity index (χ0n) is 9.08. The summed E-state index contributed by atoms with van der Waals surface area (Å²) in [6.07, 6.45) is 2.99. The lowest BCUT2D eigenvalue weighted by atomic mass is 10.1. The molecule has 1 unspecified atom stereocenters. The van der Waals surface area contributed by atoms with Crippen molar-refractivity contribution < 1.29 is 0 Å². The van der Waals surface area contributed by atoms with Crippen LogP contribution in [-0.2, 0) is 7.05 Å². The van der Waals surface area contributed by atoms with E-state index in [1.54, 1.807) is 17.7 Å². The van der Waals surface area contributed by atoms with Crippen molar-refractivity contribution in [1.82, 2.24) is 4.57 Å². The lowest BCUT2D eigenvalue weighted by Gasteiger charge is -2.11. The summed E-state index contributed by atoms with van der Waals surface area (Å²) >= 11 is 0. The summed E-state index contributed by atoms with van der Waals surface area (Å²) in [4.78, 5) is 11.1. The average molecular weight is 194 g/mol. The van der Waals surface area contributed by atoms with Crippen LogP contribution >= 0.6 is 0 Å². The maximum absolute atomic E-state index is 11.1. The van der Waals surface area contributed by atoms with Crippen molar-refractivity contribution in [2.75, 3.05) is 11.9 Å². The zero-order chi connectivity index (χ0) is 10.6. The van der Waals surface area contributed by atoms with Crippen molar-refractivity contribution in [3.05, 3.63) is 28.7 Å². The predicted molar refractivity (Wildman–Crippen MR) is 59.6 cm³/mol. The van der Waals surface area contributed by atoms with Crippen LogP contribution in [0.15, 0.2) is 23.1 Å². The van der Waals surface area contributed by atoms with Gasteiger partial charge in [0.2, 0.25) is 5.56 Å². The molecule has 0 saturated heterocycles. The third-order valence-corrected chi connectivity index (χ3v) is 2.44. The van der Waals surface area contributed by atoms with E-state index in [4.69, 9.17) is 0 Å². The summed E-state index contributed by atoms with van der Waals surface area (Å²) in [7, 11) is 1.76. The first-order valence-electron chi connectivity index (χ1n) is 5.04. The fourth-order valence-electron chi connectivity index (χ4n) is 1.13. The number of nitrogens with zero attached hydrogens (tertiary/aromatic N) is 1. The Labute approximate surface area is 84.8 Å². The molecule has 0 fully saturated rings. The van der Waals surface area contributed by atoms with Crippen LogP contribution in [0.1, 0.15) is 20.3 Å². The van der Waals surface area contributed by atoms with Crippen LogP contribution in [0.3, 0.4) is 0 Å². The lowest BCUT2D eigenvalue weighted by Crippen LogP contribution is -2.17. The van der Waals surface area contributed by atoms with Gasteiger partial charge in [-0.25, -0.2) is 0 Å². The fourth-order valence-corrected chi connectivity index (χ4v) is 1.13. The fraction of sp³-hybridized carbons (Fsp3) is 0.545. The molecular formula is C11H18N2O. The lowest BCUT2D eigenvalue weighted by molar-refractivity contribution is 0.593. The molecule has 0 aromatic carbocycles. The van der Waals surface area contributed by atoms with Gasteiger partial charge in [-0.15, -0.1) is 0 Å². The molecule has 0 aliphatic heterocycles. The molecule has 1 N–H and O–H groups in total. The smallest absolute Gasteiger partial charge is 0.250 e. The molecule has 0 radical (unpaired) electrons. The molecule has 0 bridgehead atoms. The van der Waals surface area contributed by atoms with Gasteiger partial charge in [-0.2, -0.15) is 0 Å². The summed E-state index contributed by atoms with van der Waals surface area (Å²) < 4.78 is 1.58. The summed E-state index contributed by atoms with van der Waals surface area (Å²) in [6, 6.07) is 3.41. The van der Waals surface area contributed by atoms with Gasteiger partial charge in [0.25, 0.3) is 0 Å². The summed E-state index contributed by atoms with van der Waals surface area (Å²) in [5.41, 5.74) is 1.03. The highest BCUT2D eigenvalue weighted by atomic mass is 16.1. The average Bonchev–Trinajstić information content (AvgIpc) is 2.19. The van der Waals surface area contributed by atoms with E-state index in [9.17, 15) is 4.79 Å². The van der Waals surface area contributed by atoms with Crippen LogP contribution in [0.25, 0.3) is 0 Å². The Hall–Kier alpha value is -1.25. The van der Waals surface area contributed by atoms with Gasteiger partial charge < -0.3 is 9.88 Å². The number of pyridine rings is 1. The Bertz CT molecular complexity index is 343. The van der Waals surface area contributed by atoms with E-state index in [1.807, 2.05) is 12.3 Å². The van der Waals surface area contributed by atoms with Gasteiger partial charge >= 0.3 is 0 Å². The quantitative estimate of drug-likeness (QED) is 0.793. The summed E-state index contributed by atoms with van der Waals surface area (Å²) in [5.74, 6) is 0.659. The van der Waals surface area contributed by atoms with Crippen LogP contribution in [0.5, 0.6) is 0 Å². The Morgan fingerprint density at radius 2 is 2.21 bits per heavy atom. The molecule has 0 amide bonds. The van der Waals surface area contributed by atoms with Gasteiger partial charge in [0.15, 0.2) is 0 Å². The molecule has 1 atom stereocenters. The highest BCUT2D eigenvalue weighted by Crippen LogP contribution is 2.06. The van der Waals surface area contributed by atoms with Crippen LogP contribution < -0.4 is 10.9 Å². The SMILES string of the molecule is CCC(C)CNc1ccc(=O)n(C)c1. The van der Waals surface area contributed by atoms with E-state index in [-0.39, 0.29) is 5.56 Å². The van der Waals surface area contributed by atoms with Crippen molar-refractivity contribution in [2.24, 2.45) is 13.0 Å². The van der Waals surface area contributed by atoms with Gasteiger partial charge in [-0.3, -0.25) is 4.79 Å². The number of anilines is 1. The maximum atomic E-state index is 11.1. The molecule has 0 aliphatic rings. The molecule has 1 aromatic heterocycles. The molecule has 0 spiro atoms. The van der Waals surface area contributed by atoms with E-state index < -0.39 is 0 Å². The Morgan fingerprint density at radius 1 is 1.50 bits per heavy atom. The minimum Gasteiger partial charge on any atom is -0.384 e. The first-order valence-corrected chi connectivity index (χ1v) is 5.04. The number of aromatic nitrogens is 1. The first-order chi connectivity index (χ1) is 6.63. The highest BCUT2D eigenvalue weighted by Gasteiger charge is 1.99. The number of hydrogen-bond donors (Lipinski definition) is 1. The van der Waals surface area contributed by atoms with Crippen molar-refractivity contribution in [3.8, 4) is 0 Å². The van der Waals surface area contributed by atoms with Gasteiger partial charge in [-0.05, 0) is 12.0 Å². The predicted octanol–water partition coefficient (Wildman–Crippen LogP) is 1.84. The standard InChI is InChI=1S/C11H18N2O/c1-4-9(2)7-12-10-5-6-11(14)13(3)8-10/h5-6,8-9,12H,4,7H2,1-3H3. The molecule has 1 aromatic rings. The summed E-state index contributed by atoms with van der Waals surface area (Å²) in [6.45, 7) is 5.33. The molecule has 1 heterocycles. The minimum absolute atomic E-state index is 0.0269. The summed E-state index contributed by atoms with van der Waals surface area (Å²) in [5, 5.41) is 3.30. The largest absolute Gasteiger partial charge is 0.384 e. The molecule has 3 heteroatoms. The first kappa shape index (κ1) is 10.8. The molecule has 0 saturated carbocycles. The van der Waals surface area contributed by atoms with Crippen LogP contribution in [-0.4, -0.2) is 11.1 Å². The minimum atomic E-state index is 0.0269. The third-order valence-electron chi connectivity index (χ3n) is 2.44. The Morgan fingerprint density at radius 3 is 2.79 bits per heavy atom. The molecular weight excluding hydrogens is 176 g/mol. The van der Waals surface area contributed by atoms with Gasteiger partial charge in [-0.1, -0.05) is 20.3 Å². The Kier molecular flexibility index (Phi) is 3.74. The monoisotopic (exact) mass is 194 g/mol. The second-order valence-corrected chi connectivity index (χ2v) is 3.76. The van der Waals surface area contributed by atoms with Gasteiger partial charge in [0.1, 0.15) is 0 Å². The topological polar surface area (TPSA) is 34.0 Å². The van der Waals surface area contributed by atoms with E-state index in [0.29, 0.717) is 5.92 Å². The highest BCUT2D eigenvalue weighted by molar-refractivity contribution is 5.40. The number of aryl methyl sites for hydroxylation is 1. The molecule has 0 aliphatic carbocycles. The zero-order valence-corrected chi connectivity index (χ0v) is 9.08. The van der Waals surface area contributed by atoms with Crippen LogP contribution in [0.4, 0.5) is 5.69 Å². The maximum Gasteiger partial charge on any atom is 0.250 e. The van der Waals surface area contributed by atoms with E-state index in [2.05, 4.69) is 19.2 Å². The number of rotatable bonds is 4. The van der Waals surface area contributed by atoms with E-state index >= 15 is 0 Å². The van der Waals surface area contributed by atoms with Crippen molar-refractivity contribution >= 4 is 5.69 Å². The molecule has 78 valence electrons. The second kappa shape index (κ2) is 4.84. The number of hydrogen-bond acceptors (Lipinski definition) is 2. The Balaban J connectivity index is 2.60. The second-order valence-electron chi connectivity index (χ2n) is 3.76. The van der Waals surface area contributed by atoms with Gasteiger partial charge in [0, 0.05) is 25.9 Å². The molecule has 3 nitrogen and oxygen atoms in total. The number of nitrogens with one attached hydrogen (secondary N) is 1. The third kappa shape index (κ3) is 2.91. The normalized spacial score (nSPS) is 12.5. The van der Waals surface area contributed by atoms with E-state index in [1.165, 1.54) is 6.42 Å². The molecule has 14 heavy (non-hydrogen) atoms. The van der Waals surface area contributed by atoms with E-state index in [0.717, 1.165) is 12.2 Å². The van der Waals surface area contributed by atoms with Crippen molar-refractivity contribution in [3.63, 3.8) is 0 Å². The van der Waals surface area contributed by atoms with Crippen LogP contribution in [0, 0.1) is 5.92 Å². The van der Waals surface area contributed by atoms with Gasteiger partial charge in [0.05, 0.1) is 5.69 Å². The molecule has 1 rings (SSSR count). The van der Waals surface area contributed by atoms with Crippen molar-refractivity contribution in [1.29, 1.82) is 0 Å². The van der Waals surface area contributed by atoms with Crippen LogP contribution in [0.2, 0.25) is 0 Å².